The highest BCUT2D eigenvalue weighted by atomic mass is 32.2. The molecule has 0 saturated carbocycles. The second-order valence-electron chi connectivity index (χ2n) is 5.54. The average molecular weight is 297 g/mol. The SMILES string of the molecule is Cc1ccc(C)c(S(=O)(=O)N2CCN(C)CC2CN)c1. The van der Waals surface area contributed by atoms with E-state index in [9.17, 15) is 8.42 Å². The zero-order valence-electron chi connectivity index (χ0n) is 12.3. The Morgan fingerprint density at radius 2 is 2.00 bits per heavy atom. The Morgan fingerprint density at radius 3 is 2.65 bits per heavy atom. The Bertz CT molecular complexity index is 586. The summed E-state index contributed by atoms with van der Waals surface area (Å²) in [5.41, 5.74) is 7.50. The van der Waals surface area contributed by atoms with Gasteiger partial charge in [0.05, 0.1) is 10.9 Å². The number of sulfonamides is 1. The summed E-state index contributed by atoms with van der Waals surface area (Å²) in [4.78, 5) is 2.52. The molecule has 1 fully saturated rings. The van der Waals surface area contributed by atoms with Crippen LogP contribution in [0.5, 0.6) is 0 Å². The summed E-state index contributed by atoms with van der Waals surface area (Å²) in [7, 11) is -1.48. The Hall–Kier alpha value is -0.950. The van der Waals surface area contributed by atoms with Gasteiger partial charge in [0, 0.05) is 26.2 Å². The molecule has 1 aliphatic heterocycles. The smallest absolute Gasteiger partial charge is 0.243 e. The molecule has 0 spiro atoms. The lowest BCUT2D eigenvalue weighted by Gasteiger charge is -2.38. The van der Waals surface area contributed by atoms with E-state index in [1.807, 2.05) is 33.0 Å². The summed E-state index contributed by atoms with van der Waals surface area (Å²) in [6.45, 7) is 5.99. The zero-order valence-corrected chi connectivity index (χ0v) is 13.2. The maximum absolute atomic E-state index is 12.9. The molecule has 1 saturated heterocycles. The topological polar surface area (TPSA) is 66.6 Å². The Morgan fingerprint density at radius 1 is 1.30 bits per heavy atom. The van der Waals surface area contributed by atoms with Crippen molar-refractivity contribution in [3.63, 3.8) is 0 Å². The first kappa shape index (κ1) is 15.4. The second-order valence-corrected chi connectivity index (χ2v) is 7.40. The van der Waals surface area contributed by atoms with E-state index in [2.05, 4.69) is 4.90 Å². The molecule has 2 rings (SSSR count). The lowest BCUT2D eigenvalue weighted by molar-refractivity contribution is 0.164. The van der Waals surface area contributed by atoms with Crippen molar-refractivity contribution in [2.75, 3.05) is 33.2 Å². The molecule has 0 aliphatic carbocycles. The van der Waals surface area contributed by atoms with Gasteiger partial charge in [-0.25, -0.2) is 8.42 Å². The van der Waals surface area contributed by atoms with E-state index in [1.165, 1.54) is 0 Å². The van der Waals surface area contributed by atoms with Crippen LogP contribution in [0, 0.1) is 13.8 Å². The highest BCUT2D eigenvalue weighted by Gasteiger charge is 2.35. The van der Waals surface area contributed by atoms with Gasteiger partial charge in [-0.2, -0.15) is 4.31 Å². The first-order valence-electron chi connectivity index (χ1n) is 6.84. The number of aryl methyl sites for hydroxylation is 2. The zero-order chi connectivity index (χ0) is 14.9. The fraction of sp³-hybridized carbons (Fsp3) is 0.571. The molecule has 0 amide bonds. The molecule has 20 heavy (non-hydrogen) atoms. The van der Waals surface area contributed by atoms with Crippen LogP contribution in [-0.2, 0) is 10.0 Å². The van der Waals surface area contributed by atoms with Crippen LogP contribution >= 0.6 is 0 Å². The highest BCUT2D eigenvalue weighted by molar-refractivity contribution is 7.89. The van der Waals surface area contributed by atoms with Gasteiger partial charge < -0.3 is 10.6 Å². The molecule has 0 radical (unpaired) electrons. The molecule has 1 atom stereocenters. The summed E-state index contributed by atoms with van der Waals surface area (Å²) in [5.74, 6) is 0. The lowest BCUT2D eigenvalue weighted by atomic mass is 10.2. The largest absolute Gasteiger partial charge is 0.329 e. The van der Waals surface area contributed by atoms with Crippen LogP contribution in [0.25, 0.3) is 0 Å². The van der Waals surface area contributed by atoms with Crippen molar-refractivity contribution in [3.8, 4) is 0 Å². The summed E-state index contributed by atoms with van der Waals surface area (Å²) < 4.78 is 27.3. The van der Waals surface area contributed by atoms with E-state index < -0.39 is 10.0 Å². The molecule has 0 bridgehead atoms. The van der Waals surface area contributed by atoms with Crippen molar-refractivity contribution < 1.29 is 8.42 Å². The van der Waals surface area contributed by atoms with Crippen LogP contribution in [0.1, 0.15) is 11.1 Å². The van der Waals surface area contributed by atoms with E-state index in [4.69, 9.17) is 5.73 Å². The van der Waals surface area contributed by atoms with E-state index in [0.717, 1.165) is 17.7 Å². The molecule has 0 aromatic heterocycles. The fourth-order valence-electron chi connectivity index (χ4n) is 2.61. The van der Waals surface area contributed by atoms with Crippen LogP contribution in [0.3, 0.4) is 0 Å². The first-order valence-corrected chi connectivity index (χ1v) is 8.28. The Balaban J connectivity index is 2.41. The van der Waals surface area contributed by atoms with Crippen molar-refractivity contribution >= 4 is 10.0 Å². The molecule has 1 heterocycles. The lowest BCUT2D eigenvalue weighted by Crippen LogP contribution is -2.56. The number of hydrogen-bond acceptors (Lipinski definition) is 4. The standard InChI is InChI=1S/C14H23N3O2S/c1-11-4-5-12(2)14(8-11)20(18,19)17-7-6-16(3)10-13(17)9-15/h4-5,8,13H,6-7,9-10,15H2,1-3H3. The van der Waals surface area contributed by atoms with Gasteiger partial charge in [0.15, 0.2) is 0 Å². The number of likely N-dealkylation sites (N-methyl/N-ethyl adjacent to an activating group) is 1. The minimum atomic E-state index is -3.47. The minimum Gasteiger partial charge on any atom is -0.329 e. The molecule has 2 N–H and O–H groups in total. The molecule has 112 valence electrons. The van der Waals surface area contributed by atoms with Crippen LogP contribution in [0.4, 0.5) is 0 Å². The summed E-state index contributed by atoms with van der Waals surface area (Å²) in [6, 6.07) is 5.38. The van der Waals surface area contributed by atoms with Gasteiger partial charge in [0.2, 0.25) is 10.0 Å². The minimum absolute atomic E-state index is 0.154. The molecule has 6 heteroatoms. The van der Waals surface area contributed by atoms with Gasteiger partial charge in [-0.3, -0.25) is 0 Å². The van der Waals surface area contributed by atoms with Gasteiger partial charge in [0.1, 0.15) is 0 Å². The van der Waals surface area contributed by atoms with Gasteiger partial charge in [-0.05, 0) is 38.1 Å². The third kappa shape index (κ3) is 2.88. The van der Waals surface area contributed by atoms with Crippen molar-refractivity contribution in [1.82, 2.24) is 9.21 Å². The monoisotopic (exact) mass is 297 g/mol. The number of hydrogen-bond donors (Lipinski definition) is 1. The van der Waals surface area contributed by atoms with E-state index in [1.54, 1.807) is 10.4 Å². The molecule has 1 aliphatic rings. The Labute approximate surface area is 121 Å². The third-order valence-electron chi connectivity index (χ3n) is 3.83. The third-order valence-corrected chi connectivity index (χ3v) is 5.93. The maximum atomic E-state index is 12.9. The van der Waals surface area contributed by atoms with Crippen molar-refractivity contribution in [3.05, 3.63) is 29.3 Å². The summed E-state index contributed by atoms with van der Waals surface area (Å²) >= 11 is 0. The van der Waals surface area contributed by atoms with Gasteiger partial charge in [-0.15, -0.1) is 0 Å². The van der Waals surface area contributed by atoms with E-state index >= 15 is 0 Å². The van der Waals surface area contributed by atoms with Crippen LogP contribution < -0.4 is 5.73 Å². The molecular weight excluding hydrogens is 274 g/mol. The van der Waals surface area contributed by atoms with Crippen molar-refractivity contribution in [2.24, 2.45) is 5.73 Å². The maximum Gasteiger partial charge on any atom is 0.243 e. The predicted molar refractivity (Wildman–Crippen MR) is 80.1 cm³/mol. The highest BCUT2D eigenvalue weighted by Crippen LogP contribution is 2.24. The second kappa shape index (κ2) is 5.81. The summed E-state index contributed by atoms with van der Waals surface area (Å²) in [5, 5.41) is 0. The number of nitrogens with zero attached hydrogens (tertiary/aromatic N) is 2. The quantitative estimate of drug-likeness (QED) is 0.885. The van der Waals surface area contributed by atoms with Crippen LogP contribution in [0.15, 0.2) is 23.1 Å². The molecule has 5 nitrogen and oxygen atoms in total. The van der Waals surface area contributed by atoms with Crippen LogP contribution in [0.2, 0.25) is 0 Å². The van der Waals surface area contributed by atoms with Crippen molar-refractivity contribution in [2.45, 2.75) is 24.8 Å². The Kier molecular flexibility index (Phi) is 4.49. The number of rotatable bonds is 3. The van der Waals surface area contributed by atoms with Crippen LogP contribution in [-0.4, -0.2) is 56.9 Å². The number of piperazine rings is 1. The predicted octanol–water partition coefficient (Wildman–Crippen LogP) is 0.567. The molecule has 1 unspecified atom stereocenters. The fourth-order valence-corrected chi connectivity index (χ4v) is 4.54. The van der Waals surface area contributed by atoms with Gasteiger partial charge in [-0.1, -0.05) is 12.1 Å². The molecule has 1 aromatic carbocycles. The summed E-state index contributed by atoms with van der Waals surface area (Å²) in [6.07, 6.45) is 0. The first-order chi connectivity index (χ1) is 9.36. The molecular formula is C14H23N3O2S. The van der Waals surface area contributed by atoms with E-state index in [0.29, 0.717) is 24.5 Å². The average Bonchev–Trinajstić information content (AvgIpc) is 2.40. The van der Waals surface area contributed by atoms with Gasteiger partial charge >= 0.3 is 0 Å². The normalized spacial score (nSPS) is 22.1. The van der Waals surface area contributed by atoms with Crippen molar-refractivity contribution in [1.29, 1.82) is 0 Å². The van der Waals surface area contributed by atoms with Gasteiger partial charge in [0.25, 0.3) is 0 Å². The molecule has 1 aromatic rings. The number of nitrogens with two attached hydrogens (primary N) is 1. The van der Waals surface area contributed by atoms with E-state index in [-0.39, 0.29) is 6.04 Å². The number of benzene rings is 1.